The van der Waals surface area contributed by atoms with Gasteiger partial charge < -0.3 is 4.55 Å². The summed E-state index contributed by atoms with van der Waals surface area (Å²) in [6.45, 7) is 1.99. The molecule has 0 radical (unpaired) electrons. The van der Waals surface area contributed by atoms with E-state index in [1.807, 2.05) is 6.92 Å². The molecule has 0 saturated heterocycles. The minimum absolute atomic E-state index is 0.478. The summed E-state index contributed by atoms with van der Waals surface area (Å²) in [4.78, 5) is 9.49. The van der Waals surface area contributed by atoms with Gasteiger partial charge in [-0.2, -0.15) is 0 Å². The molecule has 0 bridgehead atoms. The van der Waals surface area contributed by atoms with Gasteiger partial charge in [0.1, 0.15) is 17.1 Å². The van der Waals surface area contributed by atoms with Crippen molar-refractivity contribution in [2.24, 2.45) is 4.40 Å². The first-order chi connectivity index (χ1) is 4.31. The second-order valence-electron chi connectivity index (χ2n) is 1.56. The number of nitrogens with zero attached hydrogens (tertiary/aromatic N) is 1. The highest BCUT2D eigenvalue weighted by Gasteiger charge is 2.00. The Kier molecular flexibility index (Phi) is 5.62. The number of unbranched alkanes of at least 4 members (excludes halogenated alkanes) is 1. The standard InChI is InChI=1S/C5H9NO2S/c1-2-3-4-9(8)6-5-7/h2-4H2,1H3. The minimum atomic E-state index is -1.32. The number of rotatable bonds is 4. The van der Waals surface area contributed by atoms with Gasteiger partial charge >= 0.3 is 0 Å². The molecule has 0 spiro atoms. The smallest absolute Gasteiger partial charge is 0.288 e. The van der Waals surface area contributed by atoms with Crippen LogP contribution in [0.5, 0.6) is 0 Å². The van der Waals surface area contributed by atoms with Crippen LogP contribution in [-0.4, -0.2) is 16.4 Å². The Morgan fingerprint density at radius 3 is 2.89 bits per heavy atom. The SMILES string of the molecule is CCCC[S+]([O-])N=C=O. The fourth-order valence-corrected chi connectivity index (χ4v) is 1.07. The van der Waals surface area contributed by atoms with Gasteiger partial charge in [-0.1, -0.05) is 13.3 Å². The van der Waals surface area contributed by atoms with Crippen LogP contribution in [0.1, 0.15) is 19.8 Å². The fraction of sp³-hybridized carbons (Fsp3) is 0.800. The zero-order chi connectivity index (χ0) is 7.11. The van der Waals surface area contributed by atoms with Crippen LogP contribution in [0.4, 0.5) is 0 Å². The first-order valence-corrected chi connectivity index (χ1v) is 4.05. The molecule has 0 amide bonds. The topological polar surface area (TPSA) is 52.5 Å². The lowest BCUT2D eigenvalue weighted by molar-refractivity contribution is 0.563. The molecule has 9 heavy (non-hydrogen) atoms. The quantitative estimate of drug-likeness (QED) is 0.335. The van der Waals surface area contributed by atoms with Gasteiger partial charge in [0.25, 0.3) is 6.08 Å². The minimum Gasteiger partial charge on any atom is -0.591 e. The molecule has 0 aliphatic carbocycles. The summed E-state index contributed by atoms with van der Waals surface area (Å²) in [5, 5.41) is 0. The number of hydrogen-bond acceptors (Lipinski definition) is 3. The molecule has 0 aromatic carbocycles. The van der Waals surface area contributed by atoms with E-state index in [9.17, 15) is 9.35 Å². The lowest BCUT2D eigenvalue weighted by Crippen LogP contribution is -2.00. The molecule has 0 fully saturated rings. The van der Waals surface area contributed by atoms with Crippen LogP contribution in [-0.2, 0) is 16.2 Å². The summed E-state index contributed by atoms with van der Waals surface area (Å²) in [7, 11) is 0. The molecule has 4 heteroatoms. The number of hydrogen-bond donors (Lipinski definition) is 0. The molecule has 0 N–H and O–H groups in total. The molecular weight excluding hydrogens is 138 g/mol. The van der Waals surface area contributed by atoms with Gasteiger partial charge in [0.2, 0.25) is 0 Å². The van der Waals surface area contributed by atoms with Crippen molar-refractivity contribution in [3.05, 3.63) is 0 Å². The van der Waals surface area contributed by atoms with Crippen LogP contribution in [0.25, 0.3) is 0 Å². The number of isocyanates is 1. The number of carbonyl (C=O) groups excluding carboxylic acids is 1. The second-order valence-corrected chi connectivity index (χ2v) is 2.80. The van der Waals surface area contributed by atoms with Crippen LogP contribution in [0, 0.1) is 0 Å². The van der Waals surface area contributed by atoms with E-state index in [0.717, 1.165) is 12.8 Å². The molecule has 0 heterocycles. The maximum absolute atomic E-state index is 10.5. The Morgan fingerprint density at radius 1 is 1.78 bits per heavy atom. The second kappa shape index (κ2) is 5.82. The zero-order valence-electron chi connectivity index (χ0n) is 5.29. The molecule has 0 rings (SSSR count). The van der Waals surface area contributed by atoms with Crippen LogP contribution >= 0.6 is 0 Å². The summed E-state index contributed by atoms with van der Waals surface area (Å²) in [5.41, 5.74) is 0. The van der Waals surface area contributed by atoms with E-state index in [4.69, 9.17) is 0 Å². The summed E-state index contributed by atoms with van der Waals surface area (Å²) >= 11 is -1.32. The third-order valence-electron chi connectivity index (χ3n) is 0.812. The highest BCUT2D eigenvalue weighted by atomic mass is 32.2. The van der Waals surface area contributed by atoms with E-state index in [1.54, 1.807) is 0 Å². The van der Waals surface area contributed by atoms with E-state index in [-0.39, 0.29) is 0 Å². The van der Waals surface area contributed by atoms with E-state index in [2.05, 4.69) is 4.40 Å². The van der Waals surface area contributed by atoms with E-state index in [1.165, 1.54) is 6.08 Å². The Morgan fingerprint density at radius 2 is 2.44 bits per heavy atom. The maximum Gasteiger partial charge on any atom is 0.288 e. The maximum atomic E-state index is 10.5. The predicted molar refractivity (Wildman–Crippen MR) is 36.0 cm³/mol. The Hall–Kier alpha value is -0.310. The molecule has 52 valence electrons. The van der Waals surface area contributed by atoms with Crippen molar-refractivity contribution in [1.29, 1.82) is 0 Å². The molecular formula is C5H9NO2S. The third-order valence-corrected chi connectivity index (χ3v) is 1.73. The summed E-state index contributed by atoms with van der Waals surface area (Å²) in [5.74, 6) is 0.478. The Labute approximate surface area is 57.5 Å². The summed E-state index contributed by atoms with van der Waals surface area (Å²) in [6.07, 6.45) is 3.07. The molecule has 0 aromatic rings. The van der Waals surface area contributed by atoms with Crippen molar-refractivity contribution < 1.29 is 9.35 Å². The Balaban J connectivity index is 3.26. The third kappa shape index (κ3) is 5.56. The van der Waals surface area contributed by atoms with E-state index in [0.29, 0.717) is 5.75 Å². The van der Waals surface area contributed by atoms with Crippen LogP contribution in [0.2, 0.25) is 0 Å². The first kappa shape index (κ1) is 8.69. The average Bonchev–Trinajstić information content (AvgIpc) is 1.85. The molecule has 0 aliphatic heterocycles. The van der Waals surface area contributed by atoms with Crippen molar-refractivity contribution in [1.82, 2.24) is 0 Å². The van der Waals surface area contributed by atoms with Crippen LogP contribution in [0.3, 0.4) is 0 Å². The van der Waals surface area contributed by atoms with E-state index < -0.39 is 11.4 Å². The fourth-order valence-electron chi connectivity index (χ4n) is 0.355. The monoisotopic (exact) mass is 147 g/mol. The lowest BCUT2D eigenvalue weighted by Gasteiger charge is -1.96. The first-order valence-electron chi connectivity index (χ1n) is 2.77. The lowest BCUT2D eigenvalue weighted by atomic mass is 10.4. The van der Waals surface area contributed by atoms with Crippen molar-refractivity contribution in [3.63, 3.8) is 0 Å². The zero-order valence-corrected chi connectivity index (χ0v) is 6.11. The molecule has 1 unspecified atom stereocenters. The van der Waals surface area contributed by atoms with Crippen LogP contribution in [0.15, 0.2) is 4.40 Å². The van der Waals surface area contributed by atoms with Crippen molar-refractivity contribution in [2.45, 2.75) is 19.8 Å². The van der Waals surface area contributed by atoms with Gasteiger partial charge in [0.15, 0.2) is 0 Å². The van der Waals surface area contributed by atoms with E-state index >= 15 is 0 Å². The van der Waals surface area contributed by atoms with Gasteiger partial charge in [-0.25, -0.2) is 4.79 Å². The van der Waals surface area contributed by atoms with Gasteiger partial charge in [0.05, 0.1) is 0 Å². The molecule has 0 saturated carbocycles. The molecule has 3 nitrogen and oxygen atoms in total. The van der Waals surface area contributed by atoms with Gasteiger partial charge in [-0.3, -0.25) is 0 Å². The van der Waals surface area contributed by atoms with Crippen molar-refractivity contribution in [2.75, 3.05) is 5.75 Å². The van der Waals surface area contributed by atoms with Gasteiger partial charge in [-0.05, 0) is 6.42 Å². The van der Waals surface area contributed by atoms with Gasteiger partial charge in [0, 0.05) is 4.40 Å². The Bertz CT molecular complexity index is 112. The molecule has 0 aliphatic rings. The highest BCUT2D eigenvalue weighted by molar-refractivity contribution is 7.90. The predicted octanol–water partition coefficient (Wildman–Crippen LogP) is 0.786. The summed E-state index contributed by atoms with van der Waals surface area (Å²) in [6, 6.07) is 0. The molecule has 0 aromatic heterocycles. The molecule has 1 atom stereocenters. The average molecular weight is 147 g/mol. The summed E-state index contributed by atoms with van der Waals surface area (Å²) < 4.78 is 13.5. The normalized spacial score (nSPS) is 12.2. The van der Waals surface area contributed by atoms with Gasteiger partial charge in [-0.15, -0.1) is 0 Å². The highest BCUT2D eigenvalue weighted by Crippen LogP contribution is 1.96. The van der Waals surface area contributed by atoms with Crippen molar-refractivity contribution >= 4 is 17.4 Å². The van der Waals surface area contributed by atoms with Crippen LogP contribution < -0.4 is 0 Å². The largest absolute Gasteiger partial charge is 0.591 e. The van der Waals surface area contributed by atoms with Crippen molar-refractivity contribution in [3.8, 4) is 0 Å².